The number of carbonyl (C=O) groups is 1. The molecule has 2 aromatic rings. The lowest BCUT2D eigenvalue weighted by molar-refractivity contribution is 0.102. The molecule has 0 aliphatic carbocycles. The number of para-hydroxylation sites is 1. The third-order valence-electron chi connectivity index (χ3n) is 2.39. The standard InChI is InChI=1S/C13H8BrF2NO2/c14-7-5-9(15)12(10(16)6-7)17-13(19)8-3-1-2-4-11(8)18/h1-6,18H,(H,17,19). The maximum atomic E-state index is 13.5. The highest BCUT2D eigenvalue weighted by atomic mass is 79.9. The maximum Gasteiger partial charge on any atom is 0.259 e. The van der Waals surface area contributed by atoms with Crippen LogP contribution in [-0.4, -0.2) is 11.0 Å². The minimum atomic E-state index is -0.907. The molecule has 2 aromatic carbocycles. The van der Waals surface area contributed by atoms with Gasteiger partial charge in [-0.3, -0.25) is 4.79 Å². The van der Waals surface area contributed by atoms with Gasteiger partial charge in [0.05, 0.1) is 5.56 Å². The number of phenols is 1. The SMILES string of the molecule is O=C(Nc1c(F)cc(Br)cc1F)c1ccccc1O. The van der Waals surface area contributed by atoms with Crippen molar-refractivity contribution in [2.75, 3.05) is 5.32 Å². The number of anilines is 1. The molecule has 19 heavy (non-hydrogen) atoms. The predicted molar refractivity (Wildman–Crippen MR) is 70.1 cm³/mol. The zero-order valence-corrected chi connectivity index (χ0v) is 11.0. The van der Waals surface area contributed by atoms with E-state index in [0.29, 0.717) is 0 Å². The summed E-state index contributed by atoms with van der Waals surface area (Å²) < 4.78 is 27.3. The van der Waals surface area contributed by atoms with Crippen LogP contribution in [0.25, 0.3) is 0 Å². The Morgan fingerprint density at radius 2 is 1.74 bits per heavy atom. The lowest BCUT2D eigenvalue weighted by atomic mass is 10.2. The summed E-state index contributed by atoms with van der Waals surface area (Å²) in [7, 11) is 0. The van der Waals surface area contributed by atoms with Gasteiger partial charge in [0.2, 0.25) is 0 Å². The Morgan fingerprint density at radius 1 is 1.16 bits per heavy atom. The summed E-state index contributed by atoms with van der Waals surface area (Å²) in [6.07, 6.45) is 0. The summed E-state index contributed by atoms with van der Waals surface area (Å²) in [4.78, 5) is 11.8. The smallest absolute Gasteiger partial charge is 0.259 e. The first-order chi connectivity index (χ1) is 8.99. The molecule has 0 radical (unpaired) electrons. The van der Waals surface area contributed by atoms with Gasteiger partial charge in [0.25, 0.3) is 5.91 Å². The largest absolute Gasteiger partial charge is 0.507 e. The van der Waals surface area contributed by atoms with Crippen LogP contribution in [0, 0.1) is 11.6 Å². The number of phenolic OH excluding ortho intramolecular Hbond substituents is 1. The van der Waals surface area contributed by atoms with Crippen LogP contribution in [0.2, 0.25) is 0 Å². The lowest BCUT2D eigenvalue weighted by Crippen LogP contribution is -2.14. The number of hydrogen-bond donors (Lipinski definition) is 2. The highest BCUT2D eigenvalue weighted by Crippen LogP contribution is 2.25. The Morgan fingerprint density at radius 3 is 2.32 bits per heavy atom. The second-order valence-electron chi connectivity index (χ2n) is 3.72. The van der Waals surface area contributed by atoms with E-state index in [0.717, 1.165) is 12.1 Å². The first kappa shape index (κ1) is 13.5. The molecule has 0 aliphatic heterocycles. The molecule has 0 spiro atoms. The zero-order chi connectivity index (χ0) is 14.0. The molecule has 1 amide bonds. The summed E-state index contributed by atoms with van der Waals surface area (Å²) >= 11 is 2.94. The number of nitrogens with one attached hydrogen (secondary N) is 1. The van der Waals surface area contributed by atoms with E-state index in [-0.39, 0.29) is 15.8 Å². The second-order valence-corrected chi connectivity index (χ2v) is 4.63. The van der Waals surface area contributed by atoms with Crippen molar-refractivity contribution in [1.29, 1.82) is 0 Å². The van der Waals surface area contributed by atoms with Crippen molar-refractivity contribution in [2.24, 2.45) is 0 Å². The normalized spacial score (nSPS) is 10.3. The number of carbonyl (C=O) groups excluding carboxylic acids is 1. The van der Waals surface area contributed by atoms with E-state index in [2.05, 4.69) is 21.2 Å². The van der Waals surface area contributed by atoms with Crippen molar-refractivity contribution in [3.05, 3.63) is 58.1 Å². The molecule has 0 atom stereocenters. The molecule has 2 rings (SSSR count). The van der Waals surface area contributed by atoms with E-state index < -0.39 is 23.2 Å². The first-order valence-corrected chi connectivity index (χ1v) is 6.02. The Labute approximate surface area is 116 Å². The van der Waals surface area contributed by atoms with Gasteiger partial charge in [0.1, 0.15) is 11.4 Å². The van der Waals surface area contributed by atoms with E-state index in [1.807, 2.05) is 0 Å². The van der Waals surface area contributed by atoms with Crippen LogP contribution in [0.1, 0.15) is 10.4 Å². The van der Waals surface area contributed by atoms with Gasteiger partial charge < -0.3 is 10.4 Å². The minimum Gasteiger partial charge on any atom is -0.507 e. The Kier molecular flexibility index (Phi) is 3.80. The Balaban J connectivity index is 2.32. The maximum absolute atomic E-state index is 13.5. The van der Waals surface area contributed by atoms with Crippen molar-refractivity contribution in [1.82, 2.24) is 0 Å². The number of amides is 1. The van der Waals surface area contributed by atoms with Gasteiger partial charge >= 0.3 is 0 Å². The minimum absolute atomic E-state index is 0.0655. The average Bonchev–Trinajstić information content (AvgIpc) is 2.34. The fourth-order valence-electron chi connectivity index (χ4n) is 1.51. The van der Waals surface area contributed by atoms with Gasteiger partial charge in [-0.15, -0.1) is 0 Å². The predicted octanol–water partition coefficient (Wildman–Crippen LogP) is 3.69. The molecule has 0 fully saturated rings. The molecule has 6 heteroatoms. The number of rotatable bonds is 2. The van der Waals surface area contributed by atoms with E-state index in [1.54, 1.807) is 0 Å². The van der Waals surface area contributed by atoms with Gasteiger partial charge in [0, 0.05) is 4.47 Å². The first-order valence-electron chi connectivity index (χ1n) is 5.23. The highest BCUT2D eigenvalue weighted by molar-refractivity contribution is 9.10. The van der Waals surface area contributed by atoms with E-state index in [4.69, 9.17) is 0 Å². The fourth-order valence-corrected chi connectivity index (χ4v) is 1.91. The number of hydrogen-bond acceptors (Lipinski definition) is 2. The zero-order valence-electron chi connectivity index (χ0n) is 9.45. The average molecular weight is 328 g/mol. The highest BCUT2D eigenvalue weighted by Gasteiger charge is 2.16. The van der Waals surface area contributed by atoms with Crippen molar-refractivity contribution < 1.29 is 18.7 Å². The molecule has 0 unspecified atom stereocenters. The summed E-state index contributed by atoms with van der Waals surface area (Å²) in [5.41, 5.74) is -0.624. The topological polar surface area (TPSA) is 49.3 Å². The van der Waals surface area contributed by atoms with Crippen molar-refractivity contribution >= 4 is 27.5 Å². The van der Waals surface area contributed by atoms with Crippen molar-refractivity contribution in [3.8, 4) is 5.75 Å². The monoisotopic (exact) mass is 327 g/mol. The summed E-state index contributed by atoms with van der Waals surface area (Å²) in [6.45, 7) is 0. The molecular weight excluding hydrogens is 320 g/mol. The molecule has 0 saturated carbocycles. The molecule has 0 saturated heterocycles. The van der Waals surface area contributed by atoms with Gasteiger partial charge in [-0.2, -0.15) is 0 Å². The molecule has 3 nitrogen and oxygen atoms in total. The van der Waals surface area contributed by atoms with Crippen LogP contribution in [0.15, 0.2) is 40.9 Å². The third kappa shape index (κ3) is 2.90. The lowest BCUT2D eigenvalue weighted by Gasteiger charge is -2.09. The van der Waals surface area contributed by atoms with Crippen LogP contribution < -0.4 is 5.32 Å². The Hall–Kier alpha value is -1.95. The van der Waals surface area contributed by atoms with Gasteiger partial charge in [-0.05, 0) is 24.3 Å². The van der Waals surface area contributed by atoms with Crippen LogP contribution in [0.3, 0.4) is 0 Å². The fraction of sp³-hybridized carbons (Fsp3) is 0. The number of aromatic hydroxyl groups is 1. The second kappa shape index (κ2) is 5.36. The van der Waals surface area contributed by atoms with E-state index in [1.165, 1.54) is 24.3 Å². The number of benzene rings is 2. The summed E-state index contributed by atoms with van der Waals surface area (Å²) in [6, 6.07) is 7.78. The molecule has 0 aliphatic rings. The van der Waals surface area contributed by atoms with Gasteiger partial charge in [-0.25, -0.2) is 8.78 Å². The molecule has 2 N–H and O–H groups in total. The van der Waals surface area contributed by atoms with Gasteiger partial charge in [0.15, 0.2) is 11.6 Å². The van der Waals surface area contributed by atoms with E-state index >= 15 is 0 Å². The van der Waals surface area contributed by atoms with Crippen LogP contribution in [-0.2, 0) is 0 Å². The van der Waals surface area contributed by atoms with Crippen molar-refractivity contribution in [3.63, 3.8) is 0 Å². The molecule has 0 heterocycles. The molecule has 98 valence electrons. The number of halogens is 3. The van der Waals surface area contributed by atoms with E-state index in [9.17, 15) is 18.7 Å². The third-order valence-corrected chi connectivity index (χ3v) is 2.85. The van der Waals surface area contributed by atoms with Crippen LogP contribution in [0.4, 0.5) is 14.5 Å². The van der Waals surface area contributed by atoms with Crippen LogP contribution >= 0.6 is 15.9 Å². The van der Waals surface area contributed by atoms with Gasteiger partial charge in [-0.1, -0.05) is 28.1 Å². The molecule has 0 bridgehead atoms. The molecule has 0 aromatic heterocycles. The summed E-state index contributed by atoms with van der Waals surface area (Å²) in [5, 5.41) is 11.6. The van der Waals surface area contributed by atoms with Crippen LogP contribution in [0.5, 0.6) is 5.75 Å². The summed E-state index contributed by atoms with van der Waals surface area (Å²) in [5.74, 6) is -2.87. The van der Waals surface area contributed by atoms with Crippen molar-refractivity contribution in [2.45, 2.75) is 0 Å². The Bertz CT molecular complexity index is 623. The molecular formula is C13H8BrF2NO2. The quantitative estimate of drug-likeness (QED) is 0.883.